The molecule has 34 heavy (non-hydrogen) atoms. The van der Waals surface area contributed by atoms with Crippen LogP contribution in [0.3, 0.4) is 0 Å². The van der Waals surface area contributed by atoms with Crippen LogP contribution in [0.4, 0.5) is 4.39 Å². The number of carbonyl (C=O) groups excluding carboxylic acids is 1. The molecule has 2 aromatic carbocycles. The largest absolute Gasteiger partial charge is 0.336 e. The van der Waals surface area contributed by atoms with E-state index in [0.717, 1.165) is 13.1 Å². The summed E-state index contributed by atoms with van der Waals surface area (Å²) in [7, 11) is 0. The molecule has 1 aliphatic heterocycles. The molecular weight excluding hydrogens is 433 g/mol. The third kappa shape index (κ3) is 3.58. The SMILES string of the molecule is CCn1c2ccc(F)cc2c2c(C(=O)N3CCN(C(C)C)CC3)nn(-c3ccccc3)c(=O)c21. The van der Waals surface area contributed by atoms with Crippen LogP contribution in [-0.4, -0.2) is 62.3 Å². The number of piperazine rings is 1. The van der Waals surface area contributed by atoms with Crippen molar-refractivity contribution in [2.45, 2.75) is 33.4 Å². The smallest absolute Gasteiger partial charge is 0.296 e. The van der Waals surface area contributed by atoms with E-state index in [2.05, 4.69) is 23.8 Å². The zero-order valence-electron chi connectivity index (χ0n) is 19.7. The first-order chi connectivity index (χ1) is 16.4. The van der Waals surface area contributed by atoms with Crippen molar-refractivity contribution in [2.75, 3.05) is 26.2 Å². The summed E-state index contributed by atoms with van der Waals surface area (Å²) in [6, 6.07) is 13.9. The maximum Gasteiger partial charge on any atom is 0.296 e. The number of carbonyl (C=O) groups is 1. The lowest BCUT2D eigenvalue weighted by Gasteiger charge is -2.36. The van der Waals surface area contributed by atoms with Gasteiger partial charge in [0, 0.05) is 55.1 Å². The molecule has 7 nitrogen and oxygen atoms in total. The summed E-state index contributed by atoms with van der Waals surface area (Å²) in [4.78, 5) is 31.6. The average molecular weight is 462 g/mol. The van der Waals surface area contributed by atoms with Gasteiger partial charge < -0.3 is 9.47 Å². The Labute approximate surface area is 197 Å². The standard InChI is InChI=1S/C26H28FN5O2/c1-4-31-21-11-10-18(27)16-20(21)22-23(25(33)30-14-12-29(13-15-30)17(2)3)28-32(26(34)24(22)31)19-8-6-5-7-9-19/h5-11,16-17H,4,12-15H2,1-3H3. The second-order valence-electron chi connectivity index (χ2n) is 8.95. The molecule has 0 N–H and O–H groups in total. The van der Waals surface area contributed by atoms with E-state index in [4.69, 9.17) is 0 Å². The summed E-state index contributed by atoms with van der Waals surface area (Å²) >= 11 is 0. The Hall–Kier alpha value is -3.52. The third-order valence-electron chi connectivity index (χ3n) is 6.71. The molecule has 2 aromatic heterocycles. The molecule has 5 rings (SSSR count). The molecule has 0 saturated carbocycles. The van der Waals surface area contributed by atoms with Crippen molar-refractivity contribution in [2.24, 2.45) is 0 Å². The fourth-order valence-electron chi connectivity index (χ4n) is 4.90. The van der Waals surface area contributed by atoms with Crippen LogP contribution in [0.25, 0.3) is 27.5 Å². The van der Waals surface area contributed by atoms with E-state index in [1.165, 1.54) is 16.8 Å². The van der Waals surface area contributed by atoms with Gasteiger partial charge in [0.1, 0.15) is 11.3 Å². The molecule has 0 aliphatic carbocycles. The highest BCUT2D eigenvalue weighted by molar-refractivity contribution is 6.16. The van der Waals surface area contributed by atoms with E-state index in [9.17, 15) is 14.0 Å². The lowest BCUT2D eigenvalue weighted by Crippen LogP contribution is -2.51. The van der Waals surface area contributed by atoms with Crippen LogP contribution in [0.5, 0.6) is 0 Å². The molecule has 176 valence electrons. The Bertz CT molecular complexity index is 1430. The van der Waals surface area contributed by atoms with Crippen molar-refractivity contribution >= 4 is 27.7 Å². The number of benzene rings is 2. The van der Waals surface area contributed by atoms with E-state index < -0.39 is 5.82 Å². The Morgan fingerprint density at radius 2 is 1.76 bits per heavy atom. The first-order valence-electron chi connectivity index (χ1n) is 11.7. The predicted molar refractivity (Wildman–Crippen MR) is 131 cm³/mol. The highest BCUT2D eigenvalue weighted by Crippen LogP contribution is 2.31. The van der Waals surface area contributed by atoms with Gasteiger partial charge in [-0.15, -0.1) is 0 Å². The monoisotopic (exact) mass is 461 g/mol. The molecule has 1 saturated heterocycles. The normalized spacial score (nSPS) is 15.0. The number of nitrogens with zero attached hydrogens (tertiary/aromatic N) is 5. The summed E-state index contributed by atoms with van der Waals surface area (Å²) in [5.41, 5.74) is 1.50. The Morgan fingerprint density at radius 1 is 1.06 bits per heavy atom. The molecule has 8 heteroatoms. The zero-order chi connectivity index (χ0) is 24.0. The van der Waals surface area contributed by atoms with E-state index >= 15 is 0 Å². The van der Waals surface area contributed by atoms with Gasteiger partial charge in [-0.25, -0.2) is 4.39 Å². The molecule has 1 fully saturated rings. The van der Waals surface area contributed by atoms with Crippen LogP contribution in [0.1, 0.15) is 31.3 Å². The van der Waals surface area contributed by atoms with Crippen molar-refractivity contribution in [1.82, 2.24) is 24.1 Å². The van der Waals surface area contributed by atoms with Crippen molar-refractivity contribution in [3.05, 3.63) is 70.4 Å². The Kier molecular flexibility index (Phi) is 5.69. The predicted octanol–water partition coefficient (Wildman–Crippen LogP) is 3.67. The molecule has 3 heterocycles. The van der Waals surface area contributed by atoms with Crippen LogP contribution in [0.2, 0.25) is 0 Å². The van der Waals surface area contributed by atoms with Gasteiger partial charge in [0.05, 0.1) is 5.69 Å². The molecule has 1 aliphatic rings. The van der Waals surface area contributed by atoms with Crippen LogP contribution in [0, 0.1) is 5.82 Å². The number of para-hydroxylation sites is 1. The molecule has 0 bridgehead atoms. The Morgan fingerprint density at radius 3 is 2.41 bits per heavy atom. The van der Waals surface area contributed by atoms with Crippen molar-refractivity contribution < 1.29 is 9.18 Å². The second kappa shape index (κ2) is 8.68. The first-order valence-corrected chi connectivity index (χ1v) is 11.7. The molecule has 0 atom stereocenters. The number of aryl methyl sites for hydroxylation is 1. The van der Waals surface area contributed by atoms with Crippen molar-refractivity contribution in [3.8, 4) is 5.69 Å². The number of aromatic nitrogens is 3. The Balaban J connectivity index is 1.77. The highest BCUT2D eigenvalue weighted by atomic mass is 19.1. The fourth-order valence-corrected chi connectivity index (χ4v) is 4.90. The number of hydrogen-bond donors (Lipinski definition) is 0. The fraction of sp³-hybridized carbons (Fsp3) is 0.346. The summed E-state index contributed by atoms with van der Waals surface area (Å²) in [6.45, 7) is 9.42. The van der Waals surface area contributed by atoms with E-state index in [1.54, 1.807) is 23.1 Å². The molecule has 0 unspecified atom stereocenters. The molecule has 0 spiro atoms. The highest BCUT2D eigenvalue weighted by Gasteiger charge is 2.29. The van der Waals surface area contributed by atoms with Gasteiger partial charge in [0.25, 0.3) is 11.5 Å². The minimum atomic E-state index is -0.418. The van der Waals surface area contributed by atoms with Gasteiger partial charge in [0.2, 0.25) is 0 Å². The summed E-state index contributed by atoms with van der Waals surface area (Å²) in [5, 5.41) is 5.55. The quantitative estimate of drug-likeness (QED) is 0.465. The van der Waals surface area contributed by atoms with Gasteiger partial charge in [-0.05, 0) is 51.1 Å². The average Bonchev–Trinajstić information content (AvgIpc) is 3.18. The number of rotatable bonds is 4. The van der Waals surface area contributed by atoms with Gasteiger partial charge in [0.15, 0.2) is 5.69 Å². The molecule has 1 amide bonds. The van der Waals surface area contributed by atoms with Crippen LogP contribution >= 0.6 is 0 Å². The lowest BCUT2D eigenvalue weighted by molar-refractivity contribution is 0.0590. The maximum absolute atomic E-state index is 14.3. The van der Waals surface area contributed by atoms with Gasteiger partial charge >= 0.3 is 0 Å². The molecule has 0 radical (unpaired) electrons. The second-order valence-corrected chi connectivity index (χ2v) is 8.95. The summed E-state index contributed by atoms with van der Waals surface area (Å²) < 4.78 is 17.5. The van der Waals surface area contributed by atoms with Gasteiger partial charge in [-0.3, -0.25) is 14.5 Å². The van der Waals surface area contributed by atoms with Gasteiger partial charge in [-0.1, -0.05) is 18.2 Å². The van der Waals surface area contributed by atoms with Crippen LogP contribution in [-0.2, 0) is 6.54 Å². The molecule has 4 aromatic rings. The zero-order valence-corrected chi connectivity index (χ0v) is 19.7. The lowest BCUT2D eigenvalue weighted by atomic mass is 10.1. The minimum absolute atomic E-state index is 0.180. The first kappa shape index (κ1) is 22.3. The third-order valence-corrected chi connectivity index (χ3v) is 6.71. The number of fused-ring (bicyclic) bond motifs is 3. The van der Waals surface area contributed by atoms with Crippen LogP contribution in [0.15, 0.2) is 53.3 Å². The summed E-state index contributed by atoms with van der Waals surface area (Å²) in [5.74, 6) is -0.656. The van der Waals surface area contributed by atoms with E-state index in [1.807, 2.05) is 29.7 Å². The van der Waals surface area contributed by atoms with Crippen molar-refractivity contribution in [3.63, 3.8) is 0 Å². The summed E-state index contributed by atoms with van der Waals surface area (Å²) in [6.07, 6.45) is 0. The minimum Gasteiger partial charge on any atom is -0.336 e. The topological polar surface area (TPSA) is 63.4 Å². The number of halogens is 1. The van der Waals surface area contributed by atoms with Crippen LogP contribution < -0.4 is 5.56 Å². The number of amides is 1. The maximum atomic E-state index is 14.3. The van der Waals surface area contributed by atoms with E-state index in [0.29, 0.717) is 53.2 Å². The van der Waals surface area contributed by atoms with Gasteiger partial charge in [-0.2, -0.15) is 9.78 Å². The number of hydrogen-bond acceptors (Lipinski definition) is 4. The molecular formula is C26H28FN5O2. The van der Waals surface area contributed by atoms with E-state index in [-0.39, 0.29) is 17.2 Å². The van der Waals surface area contributed by atoms with Crippen molar-refractivity contribution in [1.29, 1.82) is 0 Å².